The van der Waals surface area contributed by atoms with Crippen LogP contribution in [0.15, 0.2) is 54.4 Å². The van der Waals surface area contributed by atoms with Crippen LogP contribution in [0.4, 0.5) is 5.69 Å². The first-order valence-electron chi connectivity index (χ1n) is 12.0. The Labute approximate surface area is 206 Å². The van der Waals surface area contributed by atoms with E-state index < -0.39 is 17.7 Å². The van der Waals surface area contributed by atoms with Crippen LogP contribution >= 0.6 is 0 Å². The van der Waals surface area contributed by atoms with Gasteiger partial charge in [0.1, 0.15) is 0 Å². The molecule has 3 N–H and O–H groups in total. The molecule has 9 heteroatoms. The zero-order chi connectivity index (χ0) is 25.4. The summed E-state index contributed by atoms with van der Waals surface area (Å²) in [6, 6.07) is 1.13. The summed E-state index contributed by atoms with van der Waals surface area (Å²) in [5.74, 6) is -1.82. The molecule has 9 nitrogen and oxygen atoms in total. The van der Waals surface area contributed by atoms with Crippen LogP contribution in [0.2, 0.25) is 0 Å². The highest BCUT2D eigenvalue weighted by molar-refractivity contribution is 6.39. The van der Waals surface area contributed by atoms with Crippen molar-refractivity contribution in [1.82, 2.24) is 14.8 Å². The number of morpholine rings is 1. The van der Waals surface area contributed by atoms with Crippen molar-refractivity contribution < 1.29 is 19.1 Å². The lowest BCUT2D eigenvalue weighted by Gasteiger charge is -2.38. The number of nitrogens with two attached hydrogens (primary N) is 1. The average molecular weight is 482 g/mol. The van der Waals surface area contributed by atoms with Gasteiger partial charge in [0.15, 0.2) is 0 Å². The summed E-state index contributed by atoms with van der Waals surface area (Å²) in [6.07, 6.45) is 10.4. The molecule has 3 rings (SSSR count). The van der Waals surface area contributed by atoms with E-state index in [4.69, 9.17) is 10.5 Å². The minimum absolute atomic E-state index is 0.148. The van der Waals surface area contributed by atoms with Gasteiger partial charge in [0.2, 0.25) is 5.91 Å². The SMILES string of the molecule is C=C(/C=C\C(=C/C)CN1CCOCC1)[C@@H]1CC[C@@H](C)CN1C(=O)C(=O)Nc1cncc(C(N)=O)c1. The molecule has 0 unspecified atom stereocenters. The third-order valence-electron chi connectivity index (χ3n) is 6.37. The van der Waals surface area contributed by atoms with Gasteiger partial charge < -0.3 is 20.7 Å². The molecule has 0 aliphatic carbocycles. The Balaban J connectivity index is 1.67. The van der Waals surface area contributed by atoms with Crippen LogP contribution in [-0.2, 0) is 14.3 Å². The number of nitrogens with one attached hydrogen (secondary N) is 1. The number of carbonyl (C=O) groups excluding carboxylic acids is 3. The fourth-order valence-electron chi connectivity index (χ4n) is 4.30. The first-order valence-corrected chi connectivity index (χ1v) is 12.0. The van der Waals surface area contributed by atoms with Crippen LogP contribution in [0, 0.1) is 5.92 Å². The standard InChI is InChI=1S/C26H35N5O4/c1-4-20(17-30-9-11-35-12-10-30)7-6-19(3)23-8-5-18(2)16-31(23)26(34)25(33)29-22-13-21(24(27)32)14-28-15-22/h4,6-7,13-15,18,23H,3,5,8-12,16-17H2,1-2H3,(H2,27,32)(H,29,33)/b7-6-,20-4+/t18-,23+/m1/s1. The zero-order valence-corrected chi connectivity index (χ0v) is 20.5. The van der Waals surface area contributed by atoms with Crippen molar-refractivity contribution in [2.75, 3.05) is 44.7 Å². The normalized spacial score (nSPS) is 21.7. The van der Waals surface area contributed by atoms with E-state index in [0.29, 0.717) is 6.54 Å². The smallest absolute Gasteiger partial charge is 0.313 e. The Kier molecular flexibility index (Phi) is 9.33. The number of anilines is 1. The minimum atomic E-state index is -0.786. The first-order chi connectivity index (χ1) is 16.8. The number of ether oxygens (including phenoxy) is 1. The molecule has 3 amide bonds. The number of aromatic nitrogens is 1. The summed E-state index contributed by atoms with van der Waals surface area (Å²) < 4.78 is 5.42. The van der Waals surface area contributed by atoms with Gasteiger partial charge in [-0.25, -0.2) is 0 Å². The predicted octanol–water partition coefficient (Wildman–Crippen LogP) is 2.14. The monoisotopic (exact) mass is 481 g/mol. The number of likely N-dealkylation sites (tertiary alicyclic amines) is 1. The number of piperidine rings is 1. The predicted molar refractivity (Wildman–Crippen MR) is 135 cm³/mol. The van der Waals surface area contributed by atoms with E-state index in [0.717, 1.165) is 56.8 Å². The second-order valence-corrected chi connectivity index (χ2v) is 9.10. The minimum Gasteiger partial charge on any atom is -0.379 e. The van der Waals surface area contributed by atoms with Gasteiger partial charge in [-0.05, 0) is 42.9 Å². The summed E-state index contributed by atoms with van der Waals surface area (Å²) in [4.78, 5) is 45.1. The fourth-order valence-corrected chi connectivity index (χ4v) is 4.30. The van der Waals surface area contributed by atoms with Crippen molar-refractivity contribution in [3.8, 4) is 0 Å². The molecule has 0 saturated carbocycles. The lowest BCUT2D eigenvalue weighted by atomic mass is 9.89. The molecule has 0 bridgehead atoms. The number of primary amides is 1. The molecule has 2 aliphatic rings. The molecule has 2 fully saturated rings. The van der Waals surface area contributed by atoms with Crippen molar-refractivity contribution in [3.63, 3.8) is 0 Å². The zero-order valence-electron chi connectivity index (χ0n) is 20.5. The van der Waals surface area contributed by atoms with Crippen LogP contribution in [0.1, 0.15) is 37.0 Å². The maximum atomic E-state index is 13.1. The third-order valence-corrected chi connectivity index (χ3v) is 6.37. The highest BCUT2D eigenvalue weighted by atomic mass is 16.5. The van der Waals surface area contributed by atoms with E-state index in [1.807, 2.05) is 19.1 Å². The Bertz CT molecular complexity index is 1010. The van der Waals surface area contributed by atoms with Crippen molar-refractivity contribution in [2.24, 2.45) is 11.7 Å². The molecule has 1 aromatic heterocycles. The van der Waals surface area contributed by atoms with E-state index in [9.17, 15) is 14.4 Å². The summed E-state index contributed by atoms with van der Waals surface area (Å²) in [7, 11) is 0. The first kappa shape index (κ1) is 26.3. The van der Waals surface area contributed by atoms with Crippen molar-refractivity contribution >= 4 is 23.4 Å². The van der Waals surface area contributed by atoms with Gasteiger partial charge in [-0.15, -0.1) is 0 Å². The number of allylic oxidation sites excluding steroid dienone is 1. The Morgan fingerprint density at radius 1 is 1.23 bits per heavy atom. The molecular formula is C26H35N5O4. The molecular weight excluding hydrogens is 446 g/mol. The van der Waals surface area contributed by atoms with Gasteiger partial charge in [0.05, 0.1) is 36.7 Å². The molecule has 0 aromatic carbocycles. The molecule has 2 atom stereocenters. The summed E-state index contributed by atoms with van der Waals surface area (Å²) in [5.41, 5.74) is 7.61. The Morgan fingerprint density at radius 3 is 2.66 bits per heavy atom. The lowest BCUT2D eigenvalue weighted by molar-refractivity contribution is -0.145. The summed E-state index contributed by atoms with van der Waals surface area (Å²) >= 11 is 0. The van der Waals surface area contributed by atoms with Gasteiger partial charge >= 0.3 is 11.8 Å². The molecule has 35 heavy (non-hydrogen) atoms. The van der Waals surface area contributed by atoms with Gasteiger partial charge in [-0.3, -0.25) is 24.3 Å². The second kappa shape index (κ2) is 12.4. The molecule has 2 aliphatic heterocycles. The van der Waals surface area contributed by atoms with Gasteiger partial charge in [0, 0.05) is 32.4 Å². The van der Waals surface area contributed by atoms with E-state index >= 15 is 0 Å². The molecule has 3 heterocycles. The van der Waals surface area contributed by atoms with E-state index in [-0.39, 0.29) is 23.2 Å². The Morgan fingerprint density at radius 2 is 1.97 bits per heavy atom. The van der Waals surface area contributed by atoms with Gasteiger partial charge in [-0.1, -0.05) is 31.7 Å². The van der Waals surface area contributed by atoms with E-state index in [1.165, 1.54) is 18.5 Å². The second-order valence-electron chi connectivity index (χ2n) is 9.10. The number of rotatable bonds is 7. The highest BCUT2D eigenvalue weighted by Gasteiger charge is 2.34. The number of amides is 3. The largest absolute Gasteiger partial charge is 0.379 e. The van der Waals surface area contributed by atoms with Crippen molar-refractivity contribution in [3.05, 3.63) is 60.0 Å². The maximum absolute atomic E-state index is 13.1. The molecule has 0 radical (unpaired) electrons. The fraction of sp³-hybridized carbons (Fsp3) is 0.462. The summed E-state index contributed by atoms with van der Waals surface area (Å²) in [6.45, 7) is 12.9. The summed E-state index contributed by atoms with van der Waals surface area (Å²) in [5, 5.41) is 2.54. The van der Waals surface area contributed by atoms with Crippen LogP contribution in [0.3, 0.4) is 0 Å². The highest BCUT2D eigenvalue weighted by Crippen LogP contribution is 2.27. The average Bonchev–Trinajstić information content (AvgIpc) is 2.86. The number of nitrogens with zero attached hydrogens (tertiary/aromatic N) is 3. The van der Waals surface area contributed by atoms with Crippen LogP contribution in [-0.4, -0.2) is 77.9 Å². The quantitative estimate of drug-likeness (QED) is 0.455. The number of pyridine rings is 1. The van der Waals surface area contributed by atoms with Gasteiger partial charge in [-0.2, -0.15) is 0 Å². The van der Waals surface area contributed by atoms with E-state index in [2.05, 4.69) is 34.8 Å². The molecule has 0 spiro atoms. The van der Waals surface area contributed by atoms with Crippen LogP contribution in [0.5, 0.6) is 0 Å². The third kappa shape index (κ3) is 7.34. The number of carbonyl (C=O) groups is 3. The molecule has 2 saturated heterocycles. The van der Waals surface area contributed by atoms with Crippen LogP contribution in [0.25, 0.3) is 0 Å². The maximum Gasteiger partial charge on any atom is 0.313 e. The Hall–Kier alpha value is -3.30. The van der Waals surface area contributed by atoms with Crippen LogP contribution < -0.4 is 11.1 Å². The topological polar surface area (TPSA) is 118 Å². The number of hydrogen-bond donors (Lipinski definition) is 2. The molecule has 188 valence electrons. The van der Waals surface area contributed by atoms with Crippen molar-refractivity contribution in [2.45, 2.75) is 32.7 Å². The number of hydrogen-bond acceptors (Lipinski definition) is 6. The van der Waals surface area contributed by atoms with Gasteiger partial charge in [0.25, 0.3) is 0 Å². The van der Waals surface area contributed by atoms with E-state index in [1.54, 1.807) is 4.90 Å². The van der Waals surface area contributed by atoms with Crippen molar-refractivity contribution in [1.29, 1.82) is 0 Å². The lowest BCUT2D eigenvalue weighted by Crippen LogP contribution is -2.50. The molecule has 1 aromatic rings.